The highest BCUT2D eigenvalue weighted by atomic mass is 19.1. The molecule has 0 bridgehead atoms. The molecule has 1 fully saturated rings. The highest BCUT2D eigenvalue weighted by Crippen LogP contribution is 2.29. The number of rotatable bonds is 2. The van der Waals surface area contributed by atoms with E-state index in [0.29, 0.717) is 12.5 Å². The topological polar surface area (TPSA) is 94.7 Å². The first-order valence-corrected chi connectivity index (χ1v) is 7.59. The van der Waals surface area contributed by atoms with E-state index in [1.807, 2.05) is 17.2 Å². The molecule has 2 unspecified atom stereocenters. The predicted molar refractivity (Wildman–Crippen MR) is 85.2 cm³/mol. The van der Waals surface area contributed by atoms with E-state index < -0.39 is 5.82 Å². The van der Waals surface area contributed by atoms with Gasteiger partial charge in [0.05, 0.1) is 11.6 Å². The van der Waals surface area contributed by atoms with E-state index in [0.717, 1.165) is 24.9 Å². The fourth-order valence-corrected chi connectivity index (χ4v) is 3.05. The van der Waals surface area contributed by atoms with Gasteiger partial charge in [-0.25, -0.2) is 14.4 Å². The van der Waals surface area contributed by atoms with Crippen LogP contribution in [0.1, 0.15) is 30.0 Å². The molecule has 7 heteroatoms. The first kappa shape index (κ1) is 15.5. The summed E-state index contributed by atoms with van der Waals surface area (Å²) in [6, 6.07) is 6.26. The number of nitrogens with zero attached hydrogens (tertiary/aromatic N) is 4. The summed E-state index contributed by atoms with van der Waals surface area (Å²) in [5.41, 5.74) is 12.9. The lowest BCUT2D eigenvalue weighted by Crippen LogP contribution is -2.57. The second kappa shape index (κ2) is 6.36. The highest BCUT2D eigenvalue weighted by molar-refractivity contribution is 5.80. The van der Waals surface area contributed by atoms with E-state index in [-0.39, 0.29) is 17.6 Å². The van der Waals surface area contributed by atoms with Crippen LogP contribution in [-0.4, -0.2) is 35.1 Å². The monoisotopic (exact) mass is 314 g/mol. The number of aliphatic imine (C=N–C) groups is 1. The molecule has 0 aromatic heterocycles. The summed E-state index contributed by atoms with van der Waals surface area (Å²) in [7, 11) is 0. The van der Waals surface area contributed by atoms with Gasteiger partial charge in [-0.3, -0.25) is 5.01 Å². The Balaban J connectivity index is 1.93. The molecule has 1 aromatic carbocycles. The quantitative estimate of drug-likeness (QED) is 0.856. The van der Waals surface area contributed by atoms with Crippen LogP contribution >= 0.6 is 0 Å². The number of benzene rings is 1. The number of piperidine rings is 1. The maximum absolute atomic E-state index is 14.0. The van der Waals surface area contributed by atoms with Crippen molar-refractivity contribution in [1.29, 1.82) is 5.26 Å². The van der Waals surface area contributed by atoms with Gasteiger partial charge >= 0.3 is 0 Å². The van der Waals surface area contributed by atoms with Crippen molar-refractivity contribution >= 4 is 5.96 Å². The molecule has 2 aliphatic rings. The predicted octanol–water partition coefficient (Wildman–Crippen LogP) is 1.22. The minimum Gasteiger partial charge on any atom is -0.368 e. The van der Waals surface area contributed by atoms with Crippen molar-refractivity contribution in [2.24, 2.45) is 16.5 Å². The first-order chi connectivity index (χ1) is 11.1. The fraction of sp³-hybridized carbons (Fsp3) is 0.375. The van der Waals surface area contributed by atoms with E-state index >= 15 is 0 Å². The van der Waals surface area contributed by atoms with Crippen LogP contribution in [0, 0.1) is 17.1 Å². The van der Waals surface area contributed by atoms with Crippen LogP contribution in [0.5, 0.6) is 0 Å². The average Bonchev–Trinajstić information content (AvgIpc) is 2.54. The van der Waals surface area contributed by atoms with Crippen LogP contribution < -0.4 is 11.5 Å². The molecule has 4 N–H and O–H groups in total. The third kappa shape index (κ3) is 3.04. The molecule has 0 spiro atoms. The molecule has 120 valence electrons. The highest BCUT2D eigenvalue weighted by Gasteiger charge is 2.31. The summed E-state index contributed by atoms with van der Waals surface area (Å²) < 4.78 is 14.0. The minimum atomic E-state index is -0.533. The smallest absolute Gasteiger partial charge is 0.211 e. The van der Waals surface area contributed by atoms with Crippen molar-refractivity contribution in [3.05, 3.63) is 47.4 Å². The summed E-state index contributed by atoms with van der Waals surface area (Å²) >= 11 is 0. The van der Waals surface area contributed by atoms with Gasteiger partial charge in [0.15, 0.2) is 0 Å². The second-order valence-corrected chi connectivity index (χ2v) is 5.78. The molecule has 0 radical (unpaired) electrons. The largest absolute Gasteiger partial charge is 0.368 e. The molecule has 1 aromatic rings. The van der Waals surface area contributed by atoms with Gasteiger partial charge in [-0.1, -0.05) is 6.07 Å². The van der Waals surface area contributed by atoms with Gasteiger partial charge in [0.25, 0.3) is 0 Å². The minimum absolute atomic E-state index is 0.0294. The van der Waals surface area contributed by atoms with E-state index in [2.05, 4.69) is 10.0 Å². The molecule has 6 nitrogen and oxygen atoms in total. The van der Waals surface area contributed by atoms with E-state index in [4.69, 9.17) is 16.7 Å². The molecule has 2 heterocycles. The summed E-state index contributed by atoms with van der Waals surface area (Å²) in [4.78, 5) is 4.15. The van der Waals surface area contributed by atoms with Gasteiger partial charge in [0, 0.05) is 25.3 Å². The van der Waals surface area contributed by atoms with Crippen molar-refractivity contribution in [2.75, 3.05) is 13.1 Å². The fourth-order valence-electron chi connectivity index (χ4n) is 3.05. The number of hydrogen-bond acceptors (Lipinski definition) is 6. The number of hydrogen-bond donors (Lipinski definition) is 2. The lowest BCUT2D eigenvalue weighted by atomic mass is 10.0. The number of nitrogens with two attached hydrogens (primary N) is 2. The van der Waals surface area contributed by atoms with Crippen LogP contribution in [0.4, 0.5) is 4.39 Å². The van der Waals surface area contributed by atoms with Crippen LogP contribution in [-0.2, 0) is 0 Å². The zero-order chi connectivity index (χ0) is 16.4. The third-order valence-corrected chi connectivity index (χ3v) is 4.17. The molecule has 0 saturated carbocycles. The van der Waals surface area contributed by atoms with Crippen LogP contribution in [0.3, 0.4) is 0 Å². The van der Waals surface area contributed by atoms with Gasteiger partial charge in [-0.15, -0.1) is 0 Å². The van der Waals surface area contributed by atoms with Gasteiger partial charge in [-0.2, -0.15) is 5.26 Å². The molecule has 0 amide bonds. The summed E-state index contributed by atoms with van der Waals surface area (Å²) in [6.45, 7) is 1.51. The normalized spacial score (nSPS) is 25.1. The SMILES string of the molecule is N#Cc1ccc(C2C=CN=C(N)N2N2CCCC(N)C2)cc1F. The van der Waals surface area contributed by atoms with Crippen molar-refractivity contribution < 1.29 is 4.39 Å². The third-order valence-electron chi connectivity index (χ3n) is 4.17. The number of nitriles is 1. The Morgan fingerprint density at radius 2 is 2.22 bits per heavy atom. The Morgan fingerprint density at radius 1 is 1.39 bits per heavy atom. The number of halogens is 1. The summed E-state index contributed by atoms with van der Waals surface area (Å²) in [6.07, 6.45) is 5.43. The van der Waals surface area contributed by atoms with Crippen LogP contribution in [0.15, 0.2) is 35.5 Å². The Labute approximate surface area is 134 Å². The first-order valence-electron chi connectivity index (χ1n) is 7.59. The van der Waals surface area contributed by atoms with Crippen LogP contribution in [0.2, 0.25) is 0 Å². The van der Waals surface area contributed by atoms with Gasteiger partial charge in [0.2, 0.25) is 5.96 Å². The Hall–Kier alpha value is -2.43. The van der Waals surface area contributed by atoms with Crippen molar-refractivity contribution in [3.63, 3.8) is 0 Å². The van der Waals surface area contributed by atoms with Crippen molar-refractivity contribution in [1.82, 2.24) is 10.0 Å². The van der Waals surface area contributed by atoms with E-state index in [1.54, 1.807) is 12.3 Å². The molecule has 3 rings (SSSR count). The second-order valence-electron chi connectivity index (χ2n) is 5.78. The van der Waals surface area contributed by atoms with Crippen molar-refractivity contribution in [3.8, 4) is 6.07 Å². The Kier molecular flexibility index (Phi) is 4.28. The Bertz CT molecular complexity index is 692. The van der Waals surface area contributed by atoms with Crippen molar-refractivity contribution in [2.45, 2.75) is 24.9 Å². The lowest BCUT2D eigenvalue weighted by molar-refractivity contribution is -0.00492. The summed E-state index contributed by atoms with van der Waals surface area (Å²) in [5.74, 6) is -0.175. The lowest BCUT2D eigenvalue weighted by Gasteiger charge is -2.44. The standard InChI is InChI=1S/C16H19FN6/c17-14-8-11(3-4-12(14)9-18)15-5-6-21-16(20)23(15)22-7-1-2-13(19)10-22/h3-6,8,13,15H,1-2,7,10,19H2,(H2,20,21). The number of hydrazine groups is 1. The molecule has 1 saturated heterocycles. The van der Waals surface area contributed by atoms with Crippen LogP contribution in [0.25, 0.3) is 0 Å². The maximum atomic E-state index is 14.0. The zero-order valence-electron chi connectivity index (χ0n) is 12.7. The van der Waals surface area contributed by atoms with E-state index in [9.17, 15) is 4.39 Å². The van der Waals surface area contributed by atoms with Gasteiger partial charge < -0.3 is 11.5 Å². The molecule has 2 atom stereocenters. The zero-order valence-corrected chi connectivity index (χ0v) is 12.7. The Morgan fingerprint density at radius 3 is 2.91 bits per heavy atom. The molecular weight excluding hydrogens is 295 g/mol. The molecule has 2 aliphatic heterocycles. The molecule has 0 aliphatic carbocycles. The maximum Gasteiger partial charge on any atom is 0.211 e. The van der Waals surface area contributed by atoms with Gasteiger partial charge in [-0.05, 0) is 36.6 Å². The van der Waals surface area contributed by atoms with Gasteiger partial charge in [0.1, 0.15) is 11.9 Å². The number of guanidine groups is 1. The summed E-state index contributed by atoms with van der Waals surface area (Å²) in [5, 5.41) is 12.8. The molecular formula is C16H19FN6. The molecule has 23 heavy (non-hydrogen) atoms. The average molecular weight is 314 g/mol. The van der Waals surface area contributed by atoms with E-state index in [1.165, 1.54) is 12.1 Å².